The molecule has 1 atom stereocenters. The van der Waals surface area contributed by atoms with E-state index in [-0.39, 0.29) is 21.4 Å². The third kappa shape index (κ3) is 4.03. The first-order valence-corrected chi connectivity index (χ1v) is 7.65. The van der Waals surface area contributed by atoms with Gasteiger partial charge in [-0.2, -0.15) is 0 Å². The Morgan fingerprint density at radius 2 is 2.00 bits per heavy atom. The normalized spacial score (nSPS) is 11.9. The van der Waals surface area contributed by atoms with Crippen molar-refractivity contribution in [2.75, 3.05) is 16.8 Å². The van der Waals surface area contributed by atoms with Crippen LogP contribution in [0.5, 0.6) is 0 Å². The van der Waals surface area contributed by atoms with Crippen LogP contribution in [0.15, 0.2) is 47.4 Å². The Morgan fingerprint density at radius 3 is 2.67 bits per heavy atom. The van der Waals surface area contributed by atoms with Gasteiger partial charge in [0.2, 0.25) is 5.91 Å². The molecule has 0 aliphatic carbocycles. The number of nitrogens with two attached hydrogens (primary N) is 1. The average molecular weight is 327 g/mol. The smallest absolute Gasteiger partial charge is 0.237 e. The van der Waals surface area contributed by atoms with E-state index in [1.807, 2.05) is 0 Å². The van der Waals surface area contributed by atoms with Crippen LogP contribution in [0.25, 0.3) is 0 Å². The van der Waals surface area contributed by atoms with Crippen LogP contribution in [-0.2, 0) is 15.6 Å². The molecule has 0 spiro atoms. The first-order chi connectivity index (χ1) is 9.97. The molecule has 1 unspecified atom stereocenters. The van der Waals surface area contributed by atoms with Gasteiger partial charge in [-0.05, 0) is 30.3 Å². The fraction of sp³-hybridized carbons (Fsp3) is 0.0714. The van der Waals surface area contributed by atoms with Gasteiger partial charge in [-0.3, -0.25) is 9.00 Å². The van der Waals surface area contributed by atoms with Gasteiger partial charge in [0.15, 0.2) is 0 Å². The monoisotopic (exact) mass is 326 g/mol. The molecule has 110 valence electrons. The van der Waals surface area contributed by atoms with Crippen LogP contribution in [0.1, 0.15) is 0 Å². The predicted molar refractivity (Wildman–Crippen MR) is 82.2 cm³/mol. The zero-order valence-corrected chi connectivity index (χ0v) is 12.4. The number of carbonyl (C=O) groups excluding carboxylic acids is 1. The Bertz CT molecular complexity index is 689. The number of hydrogen-bond acceptors (Lipinski definition) is 3. The van der Waals surface area contributed by atoms with Crippen molar-refractivity contribution < 1.29 is 13.4 Å². The second-order valence-electron chi connectivity index (χ2n) is 4.21. The molecule has 0 radical (unpaired) electrons. The number of carbonyl (C=O) groups is 1. The van der Waals surface area contributed by atoms with Gasteiger partial charge in [0, 0.05) is 11.4 Å². The first kappa shape index (κ1) is 15.5. The van der Waals surface area contributed by atoms with Crippen LogP contribution >= 0.6 is 11.6 Å². The Hall–Kier alpha value is -1.92. The zero-order valence-electron chi connectivity index (χ0n) is 10.8. The van der Waals surface area contributed by atoms with Crippen LogP contribution in [0, 0.1) is 5.82 Å². The van der Waals surface area contributed by atoms with Gasteiger partial charge in [-0.15, -0.1) is 0 Å². The van der Waals surface area contributed by atoms with Gasteiger partial charge in [0.25, 0.3) is 0 Å². The van der Waals surface area contributed by atoms with E-state index < -0.39 is 22.5 Å². The number of benzene rings is 2. The van der Waals surface area contributed by atoms with E-state index in [0.29, 0.717) is 5.69 Å². The molecular formula is C14H12ClFN2O2S. The van der Waals surface area contributed by atoms with Crippen LogP contribution in [-0.4, -0.2) is 15.9 Å². The molecule has 2 aromatic rings. The number of nitrogen functional groups attached to an aromatic ring is 1. The molecule has 1 amide bonds. The molecule has 7 heteroatoms. The Morgan fingerprint density at radius 1 is 1.29 bits per heavy atom. The Balaban J connectivity index is 2.08. The van der Waals surface area contributed by atoms with Gasteiger partial charge in [0.05, 0.1) is 20.7 Å². The van der Waals surface area contributed by atoms with Gasteiger partial charge in [-0.1, -0.05) is 23.7 Å². The summed E-state index contributed by atoms with van der Waals surface area (Å²) < 4.78 is 25.2. The minimum atomic E-state index is -1.68. The maximum atomic E-state index is 13.0. The number of hydrogen-bond donors (Lipinski definition) is 2. The first-order valence-electron chi connectivity index (χ1n) is 5.95. The molecule has 2 aromatic carbocycles. The fourth-order valence-electron chi connectivity index (χ4n) is 1.72. The Labute approximate surface area is 128 Å². The lowest BCUT2D eigenvalue weighted by molar-refractivity contribution is -0.113. The summed E-state index contributed by atoms with van der Waals surface area (Å²) in [4.78, 5) is 12.0. The average Bonchev–Trinajstić information content (AvgIpc) is 2.38. The van der Waals surface area contributed by atoms with Crippen molar-refractivity contribution in [2.45, 2.75) is 4.90 Å². The molecule has 0 heterocycles. The molecule has 0 bridgehead atoms. The molecule has 4 nitrogen and oxygen atoms in total. The van der Waals surface area contributed by atoms with Crippen LogP contribution in [0.2, 0.25) is 5.02 Å². The number of amides is 1. The lowest BCUT2D eigenvalue weighted by atomic mass is 10.3. The Kier molecular flexibility index (Phi) is 4.93. The molecule has 0 aromatic heterocycles. The summed E-state index contributed by atoms with van der Waals surface area (Å²) in [6.07, 6.45) is 0. The van der Waals surface area contributed by atoms with Gasteiger partial charge >= 0.3 is 0 Å². The van der Waals surface area contributed by atoms with E-state index in [0.717, 1.165) is 0 Å². The van der Waals surface area contributed by atoms with E-state index >= 15 is 0 Å². The van der Waals surface area contributed by atoms with Crippen molar-refractivity contribution in [3.63, 3.8) is 0 Å². The third-order valence-electron chi connectivity index (χ3n) is 2.60. The van der Waals surface area contributed by atoms with Crippen LogP contribution in [0.3, 0.4) is 0 Å². The lowest BCUT2D eigenvalue weighted by Gasteiger charge is -2.08. The summed E-state index contributed by atoms with van der Waals surface area (Å²) in [5, 5.41) is 2.71. The zero-order chi connectivity index (χ0) is 15.4. The maximum absolute atomic E-state index is 13.0. The third-order valence-corrected chi connectivity index (χ3v) is 4.46. The summed E-state index contributed by atoms with van der Waals surface area (Å²) in [5.41, 5.74) is 6.27. The maximum Gasteiger partial charge on any atom is 0.237 e. The topological polar surface area (TPSA) is 72.2 Å². The highest BCUT2D eigenvalue weighted by Crippen LogP contribution is 2.25. The standard InChI is InChI=1S/C14H12ClFN2O2S/c15-11-5-2-6-12(17)14(11)21(20)8-13(19)18-10-4-1-3-9(16)7-10/h1-7H,8,17H2,(H,18,19). The van der Waals surface area contributed by atoms with Gasteiger partial charge < -0.3 is 11.1 Å². The van der Waals surface area contributed by atoms with Gasteiger partial charge in [-0.25, -0.2) is 4.39 Å². The van der Waals surface area contributed by atoms with Gasteiger partial charge in [0.1, 0.15) is 11.6 Å². The van der Waals surface area contributed by atoms with Crippen molar-refractivity contribution in [1.82, 2.24) is 0 Å². The summed E-state index contributed by atoms with van der Waals surface area (Å²) in [6.45, 7) is 0. The van der Waals surface area contributed by atoms with Crippen molar-refractivity contribution >= 4 is 39.7 Å². The summed E-state index contributed by atoms with van der Waals surface area (Å²) in [7, 11) is -1.68. The number of nitrogens with one attached hydrogen (secondary N) is 1. The largest absolute Gasteiger partial charge is 0.398 e. The molecule has 0 fully saturated rings. The molecule has 2 rings (SSSR count). The van der Waals surface area contributed by atoms with E-state index in [9.17, 15) is 13.4 Å². The summed E-state index contributed by atoms with van der Waals surface area (Å²) in [5.74, 6) is -1.30. The lowest BCUT2D eigenvalue weighted by Crippen LogP contribution is -2.20. The van der Waals surface area contributed by atoms with Crippen LogP contribution < -0.4 is 11.1 Å². The second kappa shape index (κ2) is 6.69. The van der Waals surface area contributed by atoms with E-state index in [1.165, 1.54) is 24.3 Å². The van der Waals surface area contributed by atoms with Crippen LogP contribution in [0.4, 0.5) is 15.8 Å². The fourth-order valence-corrected chi connectivity index (χ4v) is 3.23. The highest BCUT2D eigenvalue weighted by atomic mass is 35.5. The molecule has 0 saturated heterocycles. The molecule has 21 heavy (non-hydrogen) atoms. The van der Waals surface area contributed by atoms with E-state index in [4.69, 9.17) is 17.3 Å². The predicted octanol–water partition coefficient (Wildman–Crippen LogP) is 2.81. The molecular weight excluding hydrogens is 315 g/mol. The quantitative estimate of drug-likeness (QED) is 0.849. The SMILES string of the molecule is Nc1cccc(Cl)c1S(=O)CC(=O)Nc1cccc(F)c1. The second-order valence-corrected chi connectivity index (χ2v) is 6.00. The minimum absolute atomic E-state index is 0.230. The number of halogens is 2. The number of rotatable bonds is 4. The molecule has 0 aliphatic rings. The van der Waals surface area contributed by atoms with Crippen molar-refractivity contribution in [3.05, 3.63) is 53.3 Å². The molecule has 0 saturated carbocycles. The van der Waals surface area contributed by atoms with E-state index in [2.05, 4.69) is 5.32 Å². The molecule has 3 N–H and O–H groups in total. The number of anilines is 2. The van der Waals surface area contributed by atoms with E-state index in [1.54, 1.807) is 18.2 Å². The summed E-state index contributed by atoms with van der Waals surface area (Å²) in [6, 6.07) is 10.2. The van der Waals surface area contributed by atoms with Crippen molar-refractivity contribution in [3.8, 4) is 0 Å². The highest BCUT2D eigenvalue weighted by Gasteiger charge is 2.16. The minimum Gasteiger partial charge on any atom is -0.398 e. The summed E-state index contributed by atoms with van der Waals surface area (Å²) >= 11 is 5.93. The highest BCUT2D eigenvalue weighted by molar-refractivity contribution is 7.86. The molecule has 0 aliphatic heterocycles. The van der Waals surface area contributed by atoms with Crippen molar-refractivity contribution in [1.29, 1.82) is 0 Å². The van der Waals surface area contributed by atoms with Crippen molar-refractivity contribution in [2.24, 2.45) is 0 Å².